The number of methoxy groups -OCH3 is 2. The topological polar surface area (TPSA) is 22.3 Å². The molecule has 0 unspecified atom stereocenters. The minimum atomic E-state index is 0. The summed E-state index contributed by atoms with van der Waals surface area (Å²) in [5.74, 6) is 1.35. The molecule has 1 saturated carbocycles. The predicted octanol–water partition coefficient (Wildman–Crippen LogP) is 1.63. The predicted molar refractivity (Wildman–Crippen MR) is 91.8 cm³/mol. The van der Waals surface area contributed by atoms with Crippen LogP contribution >= 0.6 is 11.6 Å². The number of fused-ring (bicyclic) bond motifs is 3. The van der Waals surface area contributed by atoms with Gasteiger partial charge in [-0.15, -0.1) is 0 Å². The molecule has 1 aromatic rings. The lowest BCUT2D eigenvalue weighted by molar-refractivity contribution is -0.696. The number of hydrogen-bond acceptors (Lipinski definition) is 2. The number of rotatable bonds is 3. The maximum absolute atomic E-state index is 6.70. The quantitative estimate of drug-likeness (QED) is 0.660. The molecule has 126 valence electrons. The fourth-order valence-corrected chi connectivity index (χ4v) is 3.77. The standard InChI is InChI=1S/C19H19ClNO2.ClH/c1-22-17-10-14-13-8-3-4-9-16(13)21(12-6-5-7-12)19(14)15(20)11-18(17)23-2;/h3-4,8-12H,5-7H2,1-2H3;1H/q+1;/p-1. The summed E-state index contributed by atoms with van der Waals surface area (Å²) in [6.07, 6.45) is 3.69. The maximum Gasteiger partial charge on any atom is 0.233 e. The van der Waals surface area contributed by atoms with Crippen LogP contribution in [0.1, 0.15) is 25.3 Å². The van der Waals surface area contributed by atoms with Crippen molar-refractivity contribution in [2.75, 3.05) is 14.2 Å². The lowest BCUT2D eigenvalue weighted by Crippen LogP contribution is -3.00. The summed E-state index contributed by atoms with van der Waals surface area (Å²) >= 11 is 6.70. The van der Waals surface area contributed by atoms with E-state index in [1.54, 1.807) is 14.2 Å². The molecule has 0 amide bonds. The number of ether oxygens (including phenoxy) is 2. The minimum Gasteiger partial charge on any atom is -1.00 e. The van der Waals surface area contributed by atoms with Crippen molar-refractivity contribution in [3.05, 3.63) is 41.4 Å². The van der Waals surface area contributed by atoms with Gasteiger partial charge in [-0.05, 0) is 18.6 Å². The molecule has 1 heterocycles. The molecule has 5 heteroatoms. The van der Waals surface area contributed by atoms with E-state index in [1.807, 2.05) is 12.1 Å². The SMILES string of the molecule is COc1cc(Cl)c2[n+](C3CCC3)c3ccccc3c-2cc1OC.[Cl-]. The van der Waals surface area contributed by atoms with Crippen LogP contribution in [0.3, 0.4) is 0 Å². The van der Waals surface area contributed by atoms with Crippen LogP contribution in [0, 0.1) is 0 Å². The first-order valence-corrected chi connectivity index (χ1v) is 8.30. The van der Waals surface area contributed by atoms with Crippen molar-refractivity contribution < 1.29 is 26.4 Å². The van der Waals surface area contributed by atoms with Crippen LogP contribution in [0.2, 0.25) is 5.02 Å². The van der Waals surface area contributed by atoms with Crippen molar-refractivity contribution in [2.45, 2.75) is 25.3 Å². The average molecular weight is 364 g/mol. The van der Waals surface area contributed by atoms with E-state index in [1.165, 1.54) is 30.2 Å². The molecule has 0 spiro atoms. The highest BCUT2D eigenvalue weighted by Crippen LogP contribution is 2.42. The van der Waals surface area contributed by atoms with Crippen molar-refractivity contribution in [1.82, 2.24) is 0 Å². The second-order valence-electron chi connectivity index (χ2n) is 6.01. The van der Waals surface area contributed by atoms with Crippen LogP contribution in [0.4, 0.5) is 0 Å². The van der Waals surface area contributed by atoms with E-state index in [2.05, 4.69) is 28.8 Å². The molecule has 0 aromatic heterocycles. The molecule has 2 aliphatic carbocycles. The van der Waals surface area contributed by atoms with Gasteiger partial charge < -0.3 is 21.9 Å². The second kappa shape index (κ2) is 6.66. The fourth-order valence-electron chi connectivity index (χ4n) is 3.48. The number of benzene rings is 1. The van der Waals surface area contributed by atoms with Gasteiger partial charge in [0, 0.05) is 25.0 Å². The van der Waals surface area contributed by atoms with Gasteiger partial charge >= 0.3 is 0 Å². The highest BCUT2D eigenvalue weighted by atomic mass is 35.5. The van der Waals surface area contributed by atoms with Crippen LogP contribution in [0.5, 0.6) is 11.5 Å². The summed E-state index contributed by atoms with van der Waals surface area (Å²) in [6.45, 7) is 0. The first-order chi connectivity index (χ1) is 11.2. The van der Waals surface area contributed by atoms with Crippen molar-refractivity contribution in [3.8, 4) is 22.8 Å². The number of hydrogen-bond donors (Lipinski definition) is 0. The van der Waals surface area contributed by atoms with E-state index < -0.39 is 0 Å². The lowest BCUT2D eigenvalue weighted by atomic mass is 9.92. The van der Waals surface area contributed by atoms with Gasteiger partial charge in [0.2, 0.25) is 11.2 Å². The molecule has 4 rings (SSSR count). The van der Waals surface area contributed by atoms with Crippen LogP contribution < -0.4 is 26.4 Å². The van der Waals surface area contributed by atoms with Gasteiger partial charge in [-0.3, -0.25) is 0 Å². The Morgan fingerprint density at radius 3 is 2.33 bits per heavy atom. The summed E-state index contributed by atoms with van der Waals surface area (Å²) in [7, 11) is 3.29. The largest absolute Gasteiger partial charge is 1.00 e. The van der Waals surface area contributed by atoms with Gasteiger partial charge in [0.25, 0.3) is 0 Å². The molecule has 0 radical (unpaired) electrons. The second-order valence-corrected chi connectivity index (χ2v) is 6.41. The van der Waals surface area contributed by atoms with Gasteiger partial charge in [0.05, 0.1) is 25.2 Å². The molecule has 3 aliphatic rings. The third-order valence-corrected chi connectivity index (χ3v) is 5.12. The fraction of sp³-hybridized carbons (Fsp3) is 0.316. The summed E-state index contributed by atoms with van der Waals surface area (Å²) < 4.78 is 13.4. The molecular formula is C19H19Cl2NO2. The average Bonchev–Trinajstić information content (AvgIpc) is 2.75. The summed E-state index contributed by atoms with van der Waals surface area (Å²) in [5, 5.41) is 1.90. The Kier molecular flexibility index (Phi) is 4.75. The third-order valence-electron chi connectivity index (χ3n) is 4.83. The van der Waals surface area contributed by atoms with E-state index in [0.717, 1.165) is 11.3 Å². The molecule has 0 saturated heterocycles. The Bertz CT molecular complexity index is 862. The minimum absolute atomic E-state index is 0. The normalized spacial score (nSPS) is 14.3. The summed E-state index contributed by atoms with van der Waals surface area (Å²) in [5.41, 5.74) is 3.41. The van der Waals surface area contributed by atoms with Gasteiger partial charge in [0.1, 0.15) is 5.02 Å². The zero-order valence-electron chi connectivity index (χ0n) is 13.7. The van der Waals surface area contributed by atoms with Crippen LogP contribution in [0.15, 0.2) is 36.4 Å². The molecule has 0 N–H and O–H groups in total. The summed E-state index contributed by atoms with van der Waals surface area (Å²) in [4.78, 5) is 0. The maximum atomic E-state index is 6.70. The lowest BCUT2D eigenvalue weighted by Gasteiger charge is -2.20. The number of nitrogens with zero attached hydrogens (tertiary/aromatic N) is 1. The van der Waals surface area contributed by atoms with E-state index in [-0.39, 0.29) is 12.4 Å². The number of aromatic nitrogens is 1. The summed E-state index contributed by atoms with van der Waals surface area (Å²) in [6, 6.07) is 12.9. The third kappa shape index (κ3) is 2.47. The molecule has 3 nitrogen and oxygen atoms in total. The Morgan fingerprint density at radius 2 is 1.71 bits per heavy atom. The molecule has 0 atom stereocenters. The monoisotopic (exact) mass is 363 g/mol. The Hall–Kier alpha value is -1.71. The highest BCUT2D eigenvalue weighted by molar-refractivity contribution is 6.33. The first-order valence-electron chi connectivity index (χ1n) is 7.92. The Morgan fingerprint density at radius 1 is 1.04 bits per heavy atom. The molecule has 1 fully saturated rings. The van der Waals surface area contributed by atoms with Crippen molar-refractivity contribution >= 4 is 22.5 Å². The Balaban J connectivity index is 0.00000169. The van der Waals surface area contributed by atoms with E-state index in [9.17, 15) is 0 Å². The van der Waals surface area contributed by atoms with Crippen LogP contribution in [-0.4, -0.2) is 14.2 Å². The number of para-hydroxylation sites is 1. The van der Waals surface area contributed by atoms with Crippen molar-refractivity contribution in [3.63, 3.8) is 0 Å². The number of halogens is 2. The molecular weight excluding hydrogens is 345 g/mol. The van der Waals surface area contributed by atoms with E-state index >= 15 is 0 Å². The van der Waals surface area contributed by atoms with Gasteiger partial charge in [-0.2, -0.15) is 4.57 Å². The van der Waals surface area contributed by atoms with Gasteiger partial charge in [-0.25, -0.2) is 0 Å². The molecule has 1 aromatic carbocycles. The zero-order chi connectivity index (χ0) is 16.0. The molecule has 1 aliphatic heterocycles. The first kappa shape index (κ1) is 17.1. The molecule has 24 heavy (non-hydrogen) atoms. The molecule has 0 bridgehead atoms. The smallest absolute Gasteiger partial charge is 0.233 e. The Labute approximate surface area is 152 Å². The van der Waals surface area contributed by atoms with Gasteiger partial charge in [-0.1, -0.05) is 23.7 Å². The van der Waals surface area contributed by atoms with E-state index in [4.69, 9.17) is 21.1 Å². The highest BCUT2D eigenvalue weighted by Gasteiger charge is 2.37. The van der Waals surface area contributed by atoms with Crippen molar-refractivity contribution in [1.29, 1.82) is 0 Å². The van der Waals surface area contributed by atoms with Crippen LogP contribution in [-0.2, 0) is 0 Å². The van der Waals surface area contributed by atoms with Crippen molar-refractivity contribution in [2.24, 2.45) is 0 Å². The van der Waals surface area contributed by atoms with Crippen LogP contribution in [0.25, 0.3) is 22.2 Å². The van der Waals surface area contributed by atoms with E-state index in [0.29, 0.717) is 22.6 Å². The zero-order valence-corrected chi connectivity index (χ0v) is 15.2. The van der Waals surface area contributed by atoms with Gasteiger partial charge in [0.15, 0.2) is 17.5 Å².